The number of pyridine rings is 1. The van der Waals surface area contributed by atoms with Crippen molar-refractivity contribution in [1.29, 1.82) is 0 Å². The van der Waals surface area contributed by atoms with Gasteiger partial charge in [0.2, 0.25) is 0 Å². The predicted octanol–water partition coefficient (Wildman–Crippen LogP) is 1.80. The van der Waals surface area contributed by atoms with Crippen LogP contribution in [-0.4, -0.2) is 38.4 Å². The fourth-order valence-corrected chi connectivity index (χ4v) is 3.88. The summed E-state index contributed by atoms with van der Waals surface area (Å²) in [5.41, 5.74) is 5.96. The first kappa shape index (κ1) is 16.4. The molecule has 6 nitrogen and oxygen atoms in total. The highest BCUT2D eigenvalue weighted by Gasteiger charge is 2.08. The van der Waals surface area contributed by atoms with Gasteiger partial charge in [-0.25, -0.2) is 14.6 Å². The number of aromatic nitrogens is 1. The molecule has 0 fully saturated rings. The lowest BCUT2D eigenvalue weighted by Crippen LogP contribution is -2.13. The van der Waals surface area contributed by atoms with E-state index < -0.39 is 21.5 Å². The largest absolute Gasteiger partial charge is 0.478 e. The number of carboxylic acids is 2. The molecule has 0 spiro atoms. The van der Waals surface area contributed by atoms with Crippen LogP contribution in [0.1, 0.15) is 16.8 Å². The van der Waals surface area contributed by atoms with Crippen LogP contribution >= 0.6 is 20.3 Å². The third kappa shape index (κ3) is 5.55. The summed E-state index contributed by atoms with van der Waals surface area (Å²) in [5, 5.41) is 17.6. The smallest absolute Gasteiger partial charge is 0.337 e. The lowest BCUT2D eigenvalue weighted by Gasteiger charge is -2.11. The summed E-state index contributed by atoms with van der Waals surface area (Å²) in [6.45, 7) is 0. The quantitative estimate of drug-likeness (QED) is 0.304. The minimum Gasteiger partial charge on any atom is -0.478 e. The van der Waals surface area contributed by atoms with Crippen molar-refractivity contribution < 1.29 is 19.8 Å². The van der Waals surface area contributed by atoms with Crippen LogP contribution in [0.15, 0.2) is 35.5 Å². The van der Waals surface area contributed by atoms with Gasteiger partial charge in [0.15, 0.2) is 0 Å². The molecule has 0 saturated heterocycles. The molecule has 0 saturated carbocycles. The van der Waals surface area contributed by atoms with Crippen LogP contribution < -0.4 is 5.73 Å². The SMILES string of the molecule is C=S(SC(N)CC=CC(=O)O)c1ccc(C(=O)O)cn1. The molecule has 2 unspecified atom stereocenters. The third-order valence-corrected chi connectivity index (χ3v) is 5.42. The molecule has 108 valence electrons. The van der Waals surface area contributed by atoms with Gasteiger partial charge in [-0.3, -0.25) is 0 Å². The van der Waals surface area contributed by atoms with E-state index in [1.54, 1.807) is 6.07 Å². The first-order valence-electron chi connectivity index (χ1n) is 5.45. The van der Waals surface area contributed by atoms with Crippen molar-refractivity contribution in [2.75, 3.05) is 0 Å². The van der Waals surface area contributed by atoms with Crippen LogP contribution in [0.3, 0.4) is 0 Å². The van der Waals surface area contributed by atoms with Gasteiger partial charge in [-0.15, -0.1) is 0 Å². The summed E-state index contributed by atoms with van der Waals surface area (Å²) < 4.78 is 0. The molecule has 2 atom stereocenters. The molecule has 0 bridgehead atoms. The molecule has 0 amide bonds. The number of nitrogens with two attached hydrogens (primary N) is 1. The predicted molar refractivity (Wildman–Crippen MR) is 81.1 cm³/mol. The van der Waals surface area contributed by atoms with Gasteiger partial charge in [-0.1, -0.05) is 32.3 Å². The second kappa shape index (κ2) is 7.83. The Balaban J connectivity index is 2.57. The fraction of sp³-hybridized carbons (Fsp3) is 0.167. The van der Waals surface area contributed by atoms with Crippen molar-refractivity contribution in [2.45, 2.75) is 16.8 Å². The maximum absolute atomic E-state index is 10.7. The van der Waals surface area contributed by atoms with Crippen LogP contribution in [0.25, 0.3) is 0 Å². The maximum Gasteiger partial charge on any atom is 0.337 e. The topological polar surface area (TPSA) is 114 Å². The molecule has 1 rings (SSSR count). The Morgan fingerprint density at radius 2 is 2.20 bits per heavy atom. The van der Waals surface area contributed by atoms with Crippen molar-refractivity contribution in [2.24, 2.45) is 5.73 Å². The van der Waals surface area contributed by atoms with Crippen LogP contribution in [0.4, 0.5) is 0 Å². The van der Waals surface area contributed by atoms with Crippen molar-refractivity contribution in [3.63, 3.8) is 0 Å². The van der Waals surface area contributed by atoms with E-state index in [1.165, 1.54) is 29.1 Å². The van der Waals surface area contributed by atoms with E-state index in [1.807, 2.05) is 0 Å². The molecule has 20 heavy (non-hydrogen) atoms. The molecule has 1 aromatic rings. The summed E-state index contributed by atoms with van der Waals surface area (Å²) in [7, 11) is 0.816. The summed E-state index contributed by atoms with van der Waals surface area (Å²) in [5.74, 6) is 1.88. The van der Waals surface area contributed by atoms with E-state index in [0.29, 0.717) is 11.4 Å². The average molecular weight is 314 g/mol. The molecular weight excluding hydrogens is 300 g/mol. The van der Waals surface area contributed by atoms with E-state index in [2.05, 4.69) is 10.9 Å². The second-order valence-corrected chi connectivity index (χ2v) is 7.34. The number of nitrogens with zero attached hydrogens (tertiary/aromatic N) is 1. The van der Waals surface area contributed by atoms with Gasteiger partial charge in [0.05, 0.1) is 16.0 Å². The second-order valence-electron chi connectivity index (χ2n) is 3.65. The lowest BCUT2D eigenvalue weighted by atomic mass is 10.3. The van der Waals surface area contributed by atoms with Crippen molar-refractivity contribution in [3.8, 4) is 0 Å². The molecule has 0 aliphatic carbocycles. The Morgan fingerprint density at radius 1 is 1.50 bits per heavy atom. The minimum absolute atomic E-state index is 0.115. The molecular formula is C12H14N2O4S2. The summed E-state index contributed by atoms with van der Waals surface area (Å²) in [4.78, 5) is 25.0. The van der Waals surface area contributed by atoms with E-state index in [9.17, 15) is 9.59 Å². The van der Waals surface area contributed by atoms with Gasteiger partial charge in [-0.05, 0) is 18.6 Å². The zero-order chi connectivity index (χ0) is 15.1. The van der Waals surface area contributed by atoms with Gasteiger partial charge in [0.1, 0.15) is 0 Å². The zero-order valence-corrected chi connectivity index (χ0v) is 12.1. The highest BCUT2D eigenvalue weighted by Crippen LogP contribution is 2.38. The maximum atomic E-state index is 10.7. The lowest BCUT2D eigenvalue weighted by molar-refractivity contribution is -0.131. The van der Waals surface area contributed by atoms with E-state index in [-0.39, 0.29) is 10.9 Å². The highest BCUT2D eigenvalue weighted by molar-refractivity contribution is 8.83. The van der Waals surface area contributed by atoms with E-state index >= 15 is 0 Å². The molecule has 0 aliphatic heterocycles. The third-order valence-electron chi connectivity index (χ3n) is 2.09. The number of carbonyl (C=O) groups is 2. The molecule has 8 heteroatoms. The van der Waals surface area contributed by atoms with Crippen LogP contribution in [0, 0.1) is 0 Å². The Bertz CT molecular complexity index is 543. The van der Waals surface area contributed by atoms with Crippen molar-refractivity contribution in [1.82, 2.24) is 4.98 Å². The number of aromatic carboxylic acids is 1. The normalized spacial score (nSPS) is 14.1. The summed E-state index contributed by atoms with van der Waals surface area (Å²) >= 11 is 0. The number of hydrogen-bond acceptors (Lipinski definition) is 5. The molecule has 1 heterocycles. The highest BCUT2D eigenvalue weighted by atomic mass is 33.1. The minimum atomic E-state index is -1.03. The summed E-state index contributed by atoms with van der Waals surface area (Å²) in [6, 6.07) is 3.07. The zero-order valence-electron chi connectivity index (χ0n) is 10.4. The van der Waals surface area contributed by atoms with E-state index in [0.717, 1.165) is 6.08 Å². The first-order chi connectivity index (χ1) is 9.40. The van der Waals surface area contributed by atoms with Gasteiger partial charge < -0.3 is 15.9 Å². The van der Waals surface area contributed by atoms with Gasteiger partial charge in [0, 0.05) is 12.3 Å². The Hall–Kier alpha value is -1.64. The molecule has 0 radical (unpaired) electrons. The monoisotopic (exact) mass is 314 g/mol. The Morgan fingerprint density at radius 3 is 2.70 bits per heavy atom. The molecule has 0 aromatic carbocycles. The Kier molecular flexibility index (Phi) is 6.43. The van der Waals surface area contributed by atoms with Gasteiger partial charge in [0.25, 0.3) is 0 Å². The van der Waals surface area contributed by atoms with Crippen molar-refractivity contribution in [3.05, 3.63) is 36.0 Å². The number of aliphatic carboxylic acids is 1. The Labute approximate surface area is 122 Å². The van der Waals surface area contributed by atoms with Crippen LogP contribution in [0.5, 0.6) is 0 Å². The number of hydrogen-bond donors (Lipinski definition) is 3. The van der Waals surface area contributed by atoms with E-state index in [4.69, 9.17) is 15.9 Å². The molecule has 0 aliphatic rings. The van der Waals surface area contributed by atoms with Gasteiger partial charge >= 0.3 is 11.9 Å². The number of carboxylic acid groups (broad SMARTS) is 2. The molecule has 1 aromatic heterocycles. The van der Waals surface area contributed by atoms with Crippen LogP contribution in [-0.2, 0) is 4.79 Å². The summed E-state index contributed by atoms with van der Waals surface area (Å²) in [6.07, 6.45) is 4.21. The van der Waals surface area contributed by atoms with Crippen LogP contribution in [0.2, 0.25) is 0 Å². The van der Waals surface area contributed by atoms with Crippen molar-refractivity contribution >= 4 is 38.1 Å². The molecule has 4 N–H and O–H groups in total. The average Bonchev–Trinajstić information content (AvgIpc) is 2.38. The standard InChI is InChI=1S/C12H14N2O4S2/c1-20(19-9(13)3-2-4-11(15)16)10-6-5-8(7-14-10)12(17)18/h2,4-7,9H,1,3,13H2,(H,15,16)(H,17,18). The number of rotatable bonds is 7. The first-order valence-corrected chi connectivity index (χ1v) is 8.24. The van der Waals surface area contributed by atoms with Gasteiger partial charge in [-0.2, -0.15) is 0 Å². The fourth-order valence-electron chi connectivity index (χ4n) is 1.18.